The van der Waals surface area contributed by atoms with E-state index in [0.29, 0.717) is 0 Å². The standard InChI is InChI=1S/C13H10N2O5S/c16-13(10-6-8-11(9-7-10)15(17)18)14-21(19,20)12-4-2-1-3-5-12/h1-9H,(H,14,16). The van der Waals surface area contributed by atoms with Crippen molar-refractivity contribution >= 4 is 21.6 Å². The van der Waals surface area contributed by atoms with E-state index in [9.17, 15) is 23.3 Å². The highest BCUT2D eigenvalue weighted by atomic mass is 32.2. The second kappa shape index (κ2) is 5.71. The molecular weight excluding hydrogens is 296 g/mol. The van der Waals surface area contributed by atoms with Crippen molar-refractivity contribution in [3.05, 3.63) is 70.3 Å². The smallest absolute Gasteiger partial charge is 0.268 e. The zero-order valence-corrected chi connectivity index (χ0v) is 11.4. The molecule has 0 aliphatic heterocycles. The van der Waals surface area contributed by atoms with Crippen LogP contribution in [0.5, 0.6) is 0 Å². The second-order valence-corrected chi connectivity index (χ2v) is 5.73. The molecule has 0 unspecified atom stereocenters. The molecule has 0 aliphatic rings. The van der Waals surface area contributed by atoms with Crippen molar-refractivity contribution in [2.45, 2.75) is 4.90 Å². The molecule has 0 fully saturated rings. The predicted octanol–water partition coefficient (Wildman–Crippen LogP) is 1.71. The number of non-ortho nitro benzene ring substituents is 1. The van der Waals surface area contributed by atoms with Crippen molar-refractivity contribution in [1.82, 2.24) is 4.72 Å². The number of sulfonamides is 1. The maximum atomic E-state index is 12.0. The Kier molecular flexibility index (Phi) is 3.99. The van der Waals surface area contributed by atoms with Crippen molar-refractivity contribution in [1.29, 1.82) is 0 Å². The van der Waals surface area contributed by atoms with Gasteiger partial charge in [-0.3, -0.25) is 14.9 Å². The molecule has 0 spiro atoms. The number of benzene rings is 2. The van der Waals surface area contributed by atoms with Crippen LogP contribution in [0, 0.1) is 10.1 Å². The molecule has 0 atom stereocenters. The number of carbonyl (C=O) groups is 1. The van der Waals surface area contributed by atoms with Crippen LogP contribution in [0.2, 0.25) is 0 Å². The first-order valence-corrected chi connectivity index (χ1v) is 7.25. The van der Waals surface area contributed by atoms with Gasteiger partial charge < -0.3 is 0 Å². The Balaban J connectivity index is 2.20. The first-order valence-electron chi connectivity index (χ1n) is 5.77. The Morgan fingerprint density at radius 1 is 1.00 bits per heavy atom. The first-order chi connectivity index (χ1) is 9.90. The van der Waals surface area contributed by atoms with Crippen LogP contribution >= 0.6 is 0 Å². The molecule has 0 saturated heterocycles. The normalized spacial score (nSPS) is 10.9. The minimum Gasteiger partial charge on any atom is -0.268 e. The van der Waals surface area contributed by atoms with E-state index in [1.807, 2.05) is 4.72 Å². The lowest BCUT2D eigenvalue weighted by atomic mass is 10.2. The van der Waals surface area contributed by atoms with Gasteiger partial charge in [0.25, 0.3) is 21.6 Å². The molecule has 0 heterocycles. The topological polar surface area (TPSA) is 106 Å². The van der Waals surface area contributed by atoms with Gasteiger partial charge in [-0.2, -0.15) is 0 Å². The lowest BCUT2D eigenvalue weighted by molar-refractivity contribution is -0.384. The number of carbonyl (C=O) groups excluding carboxylic acids is 1. The largest absolute Gasteiger partial charge is 0.269 e. The third-order valence-corrected chi connectivity index (χ3v) is 3.97. The molecule has 0 aliphatic carbocycles. The van der Waals surface area contributed by atoms with E-state index in [0.717, 1.165) is 12.1 Å². The number of nitrogens with one attached hydrogen (secondary N) is 1. The van der Waals surface area contributed by atoms with Crippen molar-refractivity contribution < 1.29 is 18.1 Å². The molecule has 1 amide bonds. The fourth-order valence-electron chi connectivity index (χ4n) is 1.57. The number of hydrogen-bond donors (Lipinski definition) is 1. The second-order valence-electron chi connectivity index (χ2n) is 4.05. The predicted molar refractivity (Wildman–Crippen MR) is 74.2 cm³/mol. The molecule has 0 bridgehead atoms. The number of nitro groups is 1. The molecule has 1 N–H and O–H groups in total. The van der Waals surface area contributed by atoms with Gasteiger partial charge in [0, 0.05) is 17.7 Å². The van der Waals surface area contributed by atoms with Gasteiger partial charge in [-0.1, -0.05) is 18.2 Å². The quantitative estimate of drug-likeness (QED) is 0.683. The van der Waals surface area contributed by atoms with Crippen LogP contribution in [-0.4, -0.2) is 19.2 Å². The van der Waals surface area contributed by atoms with Crippen LogP contribution in [-0.2, 0) is 10.0 Å². The zero-order valence-electron chi connectivity index (χ0n) is 10.6. The molecule has 8 heteroatoms. The molecule has 2 aromatic rings. The van der Waals surface area contributed by atoms with Gasteiger partial charge in [-0.05, 0) is 24.3 Å². The summed E-state index contributed by atoms with van der Waals surface area (Å²) in [6.45, 7) is 0. The SMILES string of the molecule is O=C(NS(=O)(=O)c1ccccc1)c1ccc([N+](=O)[O-])cc1. The Labute approximate surface area is 120 Å². The van der Waals surface area contributed by atoms with Crippen molar-refractivity contribution in [2.24, 2.45) is 0 Å². The van der Waals surface area contributed by atoms with Crippen LogP contribution in [0.25, 0.3) is 0 Å². The summed E-state index contributed by atoms with van der Waals surface area (Å²) in [7, 11) is -3.97. The highest BCUT2D eigenvalue weighted by Crippen LogP contribution is 2.13. The highest BCUT2D eigenvalue weighted by Gasteiger charge is 2.18. The van der Waals surface area contributed by atoms with Crippen molar-refractivity contribution in [3.8, 4) is 0 Å². The van der Waals surface area contributed by atoms with Gasteiger partial charge in [0.1, 0.15) is 0 Å². The summed E-state index contributed by atoms with van der Waals surface area (Å²) in [5.74, 6) is -0.853. The summed E-state index contributed by atoms with van der Waals surface area (Å²) < 4.78 is 25.8. The molecule has 108 valence electrons. The van der Waals surface area contributed by atoms with Gasteiger partial charge in [-0.15, -0.1) is 0 Å². The van der Waals surface area contributed by atoms with E-state index in [1.54, 1.807) is 6.07 Å². The Bertz CT molecular complexity index is 770. The fourth-order valence-corrected chi connectivity index (χ4v) is 2.57. The molecule has 0 saturated carbocycles. The maximum Gasteiger partial charge on any atom is 0.269 e. The summed E-state index contributed by atoms with van der Waals surface area (Å²) in [6.07, 6.45) is 0. The van der Waals surface area contributed by atoms with Crippen LogP contribution < -0.4 is 4.72 Å². The number of hydrogen-bond acceptors (Lipinski definition) is 5. The zero-order chi connectivity index (χ0) is 15.5. The average Bonchev–Trinajstić information content (AvgIpc) is 2.48. The number of nitro benzene ring substituents is 1. The summed E-state index contributed by atoms with van der Waals surface area (Å²) >= 11 is 0. The third-order valence-electron chi connectivity index (χ3n) is 2.62. The van der Waals surface area contributed by atoms with E-state index in [1.165, 1.54) is 36.4 Å². The van der Waals surface area contributed by atoms with E-state index in [4.69, 9.17) is 0 Å². The van der Waals surface area contributed by atoms with Gasteiger partial charge >= 0.3 is 0 Å². The molecule has 2 rings (SSSR count). The number of amides is 1. The van der Waals surface area contributed by atoms with E-state index < -0.39 is 20.9 Å². The molecule has 2 aromatic carbocycles. The summed E-state index contributed by atoms with van der Waals surface area (Å²) in [4.78, 5) is 21.7. The minimum absolute atomic E-state index is 0.0140. The monoisotopic (exact) mass is 306 g/mol. The lowest BCUT2D eigenvalue weighted by Crippen LogP contribution is -2.30. The minimum atomic E-state index is -3.97. The van der Waals surface area contributed by atoms with Gasteiger partial charge in [-0.25, -0.2) is 13.1 Å². The van der Waals surface area contributed by atoms with Gasteiger partial charge in [0.15, 0.2) is 0 Å². The van der Waals surface area contributed by atoms with Crippen LogP contribution in [0.3, 0.4) is 0 Å². The first kappa shape index (κ1) is 14.7. The molecule has 21 heavy (non-hydrogen) atoms. The number of rotatable bonds is 4. The molecule has 0 radical (unpaired) electrons. The summed E-state index contributed by atoms with van der Waals surface area (Å²) in [5.41, 5.74) is -0.169. The van der Waals surface area contributed by atoms with E-state index in [-0.39, 0.29) is 16.1 Å². The van der Waals surface area contributed by atoms with Crippen LogP contribution in [0.4, 0.5) is 5.69 Å². The average molecular weight is 306 g/mol. The number of nitrogens with zero attached hydrogens (tertiary/aromatic N) is 1. The van der Waals surface area contributed by atoms with E-state index in [2.05, 4.69) is 0 Å². The Morgan fingerprint density at radius 3 is 2.10 bits per heavy atom. The van der Waals surface area contributed by atoms with E-state index >= 15 is 0 Å². The lowest BCUT2D eigenvalue weighted by Gasteiger charge is -2.06. The Hall–Kier alpha value is -2.74. The molecular formula is C13H10N2O5S. The Morgan fingerprint density at radius 2 is 1.57 bits per heavy atom. The van der Waals surface area contributed by atoms with Crippen LogP contribution in [0.1, 0.15) is 10.4 Å². The van der Waals surface area contributed by atoms with Gasteiger partial charge in [0.2, 0.25) is 0 Å². The summed E-state index contributed by atoms with van der Waals surface area (Å²) in [6, 6.07) is 12.1. The van der Waals surface area contributed by atoms with Crippen LogP contribution in [0.15, 0.2) is 59.5 Å². The summed E-state index contributed by atoms with van der Waals surface area (Å²) in [5, 5.41) is 10.5. The van der Waals surface area contributed by atoms with Crippen molar-refractivity contribution in [3.63, 3.8) is 0 Å². The molecule has 7 nitrogen and oxygen atoms in total. The van der Waals surface area contributed by atoms with Crippen molar-refractivity contribution in [2.75, 3.05) is 0 Å². The maximum absolute atomic E-state index is 12.0. The fraction of sp³-hybridized carbons (Fsp3) is 0. The highest BCUT2D eigenvalue weighted by molar-refractivity contribution is 7.90. The molecule has 0 aromatic heterocycles. The van der Waals surface area contributed by atoms with Gasteiger partial charge in [0.05, 0.1) is 9.82 Å². The third kappa shape index (κ3) is 3.42.